The van der Waals surface area contributed by atoms with Gasteiger partial charge in [-0.1, -0.05) is 0 Å². The molecule has 0 aliphatic heterocycles. The highest BCUT2D eigenvalue weighted by molar-refractivity contribution is 5.78. The summed E-state index contributed by atoms with van der Waals surface area (Å²) < 4.78 is 5.28. The second-order valence-corrected chi connectivity index (χ2v) is 4.41. The summed E-state index contributed by atoms with van der Waals surface area (Å²) in [6.45, 7) is -0.122. The molecule has 0 aromatic heterocycles. The number of benzene rings is 1. The van der Waals surface area contributed by atoms with Crippen molar-refractivity contribution in [2.24, 2.45) is 0 Å². The lowest BCUT2D eigenvalue weighted by molar-refractivity contribution is -0.124. The number of ether oxygens (including phenoxy) is 1. The normalized spacial score (nSPS) is 15.6. The van der Waals surface area contributed by atoms with Gasteiger partial charge >= 0.3 is 0 Å². The molecule has 18 heavy (non-hydrogen) atoms. The highest BCUT2D eigenvalue weighted by Crippen LogP contribution is 2.34. The van der Waals surface area contributed by atoms with Gasteiger partial charge in [0.25, 0.3) is 5.91 Å². The van der Waals surface area contributed by atoms with Gasteiger partial charge in [0.2, 0.25) is 0 Å². The monoisotopic (exact) mass is 246 g/mol. The minimum atomic E-state index is -0.412. The van der Waals surface area contributed by atoms with Crippen LogP contribution in [0.25, 0.3) is 0 Å². The van der Waals surface area contributed by atoms with Crippen molar-refractivity contribution >= 4 is 5.91 Å². The molecule has 0 radical (unpaired) electrons. The predicted molar refractivity (Wildman–Crippen MR) is 63.8 cm³/mol. The number of hydrogen-bond acceptors (Lipinski definition) is 4. The molecule has 0 atom stereocenters. The van der Waals surface area contributed by atoms with Gasteiger partial charge in [0.15, 0.2) is 6.61 Å². The molecule has 94 valence electrons. The standard InChI is InChI=1S/C13H14N2O3/c14-7-10-1-3-11(4-2-10)18-8-12(17)15-13(9-16)5-6-13/h1-4,16H,5-6,8-9H2,(H,15,17). The third-order valence-electron chi connectivity index (χ3n) is 2.91. The van der Waals surface area contributed by atoms with Gasteiger partial charge in [-0.05, 0) is 37.1 Å². The summed E-state index contributed by atoms with van der Waals surface area (Å²) in [6.07, 6.45) is 1.62. The van der Waals surface area contributed by atoms with Crippen molar-refractivity contribution in [3.05, 3.63) is 29.8 Å². The molecular formula is C13H14N2O3. The van der Waals surface area contributed by atoms with E-state index in [1.807, 2.05) is 6.07 Å². The predicted octanol–water partition coefficient (Wildman–Crippen LogP) is 0.578. The van der Waals surface area contributed by atoms with Crippen LogP contribution >= 0.6 is 0 Å². The molecule has 1 aliphatic carbocycles. The van der Waals surface area contributed by atoms with Gasteiger partial charge in [-0.25, -0.2) is 0 Å². The number of carbonyl (C=O) groups is 1. The maximum Gasteiger partial charge on any atom is 0.258 e. The Morgan fingerprint density at radius 2 is 2.11 bits per heavy atom. The molecular weight excluding hydrogens is 232 g/mol. The van der Waals surface area contributed by atoms with E-state index in [9.17, 15) is 4.79 Å². The lowest BCUT2D eigenvalue weighted by Gasteiger charge is -2.14. The molecule has 5 nitrogen and oxygen atoms in total. The molecule has 1 aromatic rings. The van der Waals surface area contributed by atoms with E-state index in [4.69, 9.17) is 15.1 Å². The summed E-state index contributed by atoms with van der Waals surface area (Å²) in [5.74, 6) is 0.295. The number of aliphatic hydroxyl groups excluding tert-OH is 1. The molecule has 0 unspecified atom stereocenters. The van der Waals surface area contributed by atoms with E-state index in [0.717, 1.165) is 12.8 Å². The molecule has 0 heterocycles. The summed E-state index contributed by atoms with van der Waals surface area (Å²) in [4.78, 5) is 11.6. The van der Waals surface area contributed by atoms with Crippen molar-refractivity contribution in [3.63, 3.8) is 0 Å². The van der Waals surface area contributed by atoms with Crippen molar-refractivity contribution in [1.82, 2.24) is 5.32 Å². The number of nitrogens with zero attached hydrogens (tertiary/aromatic N) is 1. The van der Waals surface area contributed by atoms with Crippen LogP contribution in [-0.4, -0.2) is 29.8 Å². The first-order valence-electron chi connectivity index (χ1n) is 5.72. The maximum absolute atomic E-state index is 11.6. The van der Waals surface area contributed by atoms with Crippen LogP contribution < -0.4 is 10.1 Å². The second-order valence-electron chi connectivity index (χ2n) is 4.41. The van der Waals surface area contributed by atoms with E-state index < -0.39 is 5.54 Å². The Morgan fingerprint density at radius 1 is 1.44 bits per heavy atom. The molecule has 5 heteroatoms. The summed E-state index contributed by atoms with van der Waals surface area (Å²) in [5.41, 5.74) is 0.134. The largest absolute Gasteiger partial charge is 0.484 e. The van der Waals surface area contributed by atoms with Crippen LogP contribution in [0.3, 0.4) is 0 Å². The van der Waals surface area contributed by atoms with Crippen molar-refractivity contribution in [2.45, 2.75) is 18.4 Å². The van der Waals surface area contributed by atoms with E-state index in [1.165, 1.54) is 0 Å². The molecule has 1 aromatic carbocycles. The van der Waals surface area contributed by atoms with Crippen LogP contribution in [-0.2, 0) is 4.79 Å². The summed E-state index contributed by atoms with van der Waals surface area (Å²) >= 11 is 0. The van der Waals surface area contributed by atoms with Crippen molar-refractivity contribution in [1.29, 1.82) is 5.26 Å². The fraction of sp³-hybridized carbons (Fsp3) is 0.385. The first kappa shape index (κ1) is 12.4. The molecule has 2 N–H and O–H groups in total. The number of hydrogen-bond donors (Lipinski definition) is 2. The van der Waals surface area contributed by atoms with Gasteiger partial charge < -0.3 is 15.2 Å². The molecule has 1 aliphatic rings. The lowest BCUT2D eigenvalue weighted by atomic mass is 10.2. The van der Waals surface area contributed by atoms with Crippen LogP contribution in [0.15, 0.2) is 24.3 Å². The summed E-state index contributed by atoms with van der Waals surface area (Å²) in [5, 5.41) is 20.4. The Hall–Kier alpha value is -2.06. The Labute approximate surface area is 105 Å². The number of nitrogens with one attached hydrogen (secondary N) is 1. The summed E-state index contributed by atoms with van der Waals surface area (Å²) in [6, 6.07) is 8.55. The Kier molecular flexibility index (Phi) is 3.49. The van der Waals surface area contributed by atoms with Gasteiger partial charge in [0, 0.05) is 0 Å². The fourth-order valence-corrected chi connectivity index (χ4v) is 1.58. The van der Waals surface area contributed by atoms with Crippen molar-refractivity contribution in [3.8, 4) is 11.8 Å². The van der Waals surface area contributed by atoms with Crippen LogP contribution in [0.2, 0.25) is 0 Å². The summed E-state index contributed by atoms with van der Waals surface area (Å²) in [7, 11) is 0. The van der Waals surface area contributed by atoms with E-state index in [-0.39, 0.29) is 19.1 Å². The average molecular weight is 246 g/mol. The number of nitriles is 1. The Bertz CT molecular complexity index is 472. The number of rotatable bonds is 5. The highest BCUT2D eigenvalue weighted by Gasteiger charge is 2.43. The van der Waals surface area contributed by atoms with Gasteiger partial charge in [0.05, 0.1) is 23.8 Å². The van der Waals surface area contributed by atoms with E-state index in [1.54, 1.807) is 24.3 Å². The van der Waals surface area contributed by atoms with Crippen LogP contribution in [0.4, 0.5) is 0 Å². The molecule has 1 saturated carbocycles. The fourth-order valence-electron chi connectivity index (χ4n) is 1.58. The lowest BCUT2D eigenvalue weighted by Crippen LogP contribution is -2.42. The number of amides is 1. The third-order valence-corrected chi connectivity index (χ3v) is 2.91. The van der Waals surface area contributed by atoms with Gasteiger partial charge in [-0.2, -0.15) is 5.26 Å². The minimum Gasteiger partial charge on any atom is -0.484 e. The average Bonchev–Trinajstić information content (AvgIpc) is 3.17. The zero-order valence-corrected chi connectivity index (χ0v) is 9.85. The van der Waals surface area contributed by atoms with Gasteiger partial charge in [-0.15, -0.1) is 0 Å². The number of carbonyl (C=O) groups excluding carboxylic acids is 1. The highest BCUT2D eigenvalue weighted by atomic mass is 16.5. The van der Waals surface area contributed by atoms with Crippen LogP contribution in [0.1, 0.15) is 18.4 Å². The molecule has 1 amide bonds. The molecule has 0 saturated heterocycles. The number of aliphatic hydroxyl groups is 1. The van der Waals surface area contributed by atoms with E-state index in [0.29, 0.717) is 11.3 Å². The van der Waals surface area contributed by atoms with Gasteiger partial charge in [-0.3, -0.25) is 4.79 Å². The van der Waals surface area contributed by atoms with Crippen LogP contribution in [0, 0.1) is 11.3 Å². The van der Waals surface area contributed by atoms with Crippen molar-refractivity contribution < 1.29 is 14.6 Å². The first-order chi connectivity index (χ1) is 8.67. The first-order valence-corrected chi connectivity index (χ1v) is 5.72. The molecule has 0 spiro atoms. The Balaban J connectivity index is 1.80. The third kappa shape index (κ3) is 2.99. The SMILES string of the molecule is N#Cc1ccc(OCC(=O)NC2(CO)CC2)cc1. The molecule has 1 fully saturated rings. The molecule has 0 bridgehead atoms. The second kappa shape index (κ2) is 5.07. The van der Waals surface area contributed by atoms with Gasteiger partial charge in [0.1, 0.15) is 5.75 Å². The smallest absolute Gasteiger partial charge is 0.258 e. The van der Waals surface area contributed by atoms with Crippen molar-refractivity contribution in [2.75, 3.05) is 13.2 Å². The molecule has 2 rings (SSSR count). The Morgan fingerprint density at radius 3 is 2.61 bits per heavy atom. The topological polar surface area (TPSA) is 82.3 Å². The zero-order chi connectivity index (χ0) is 13.0. The minimum absolute atomic E-state index is 0.0321. The van der Waals surface area contributed by atoms with Crippen LogP contribution in [0.5, 0.6) is 5.75 Å². The van der Waals surface area contributed by atoms with E-state index >= 15 is 0 Å². The maximum atomic E-state index is 11.6. The quantitative estimate of drug-likeness (QED) is 0.796. The van der Waals surface area contributed by atoms with E-state index in [2.05, 4.69) is 5.32 Å². The zero-order valence-electron chi connectivity index (χ0n) is 9.85.